The third-order valence-electron chi connectivity index (χ3n) is 5.07. The van der Waals surface area contributed by atoms with Gasteiger partial charge in [-0.1, -0.05) is 6.07 Å². The van der Waals surface area contributed by atoms with Gasteiger partial charge in [0, 0.05) is 48.4 Å². The Morgan fingerprint density at radius 2 is 1.97 bits per heavy atom. The maximum atomic E-state index is 12.5. The lowest BCUT2D eigenvalue weighted by molar-refractivity contribution is -0.121. The number of nitrogens with two attached hydrogens (primary N) is 1. The van der Waals surface area contributed by atoms with E-state index in [2.05, 4.69) is 15.4 Å². The Morgan fingerprint density at radius 1 is 1.16 bits per heavy atom. The maximum absolute atomic E-state index is 12.5. The average molecular weight is 449 g/mol. The second-order valence-corrected chi connectivity index (χ2v) is 8.60. The van der Waals surface area contributed by atoms with Crippen molar-refractivity contribution >= 4 is 29.2 Å². The normalized spacial score (nSPS) is 12.0. The van der Waals surface area contributed by atoms with Crippen LogP contribution in [-0.2, 0) is 24.0 Å². The number of benzene rings is 1. The molecule has 164 valence electrons. The number of hydrogen-bond donors (Lipinski definition) is 2. The number of nitrogens with zero attached hydrogens (tertiary/aromatic N) is 4. The van der Waals surface area contributed by atoms with Crippen LogP contribution in [0.3, 0.4) is 0 Å². The quantitative estimate of drug-likeness (QED) is 0.383. The number of amides is 2. The number of carbonyl (C=O) groups excluding carboxylic acids is 2. The van der Waals surface area contributed by atoms with Crippen LogP contribution in [0.5, 0.6) is 0 Å². The minimum absolute atomic E-state index is 0.174. The van der Waals surface area contributed by atoms with E-state index < -0.39 is 11.8 Å². The minimum atomic E-state index is -0.497. The number of primary amides is 1. The predicted molar refractivity (Wildman–Crippen MR) is 123 cm³/mol. The molecular weight excluding hydrogens is 424 g/mol. The first-order valence-electron chi connectivity index (χ1n) is 10.2. The highest BCUT2D eigenvalue weighted by Gasteiger charge is 2.18. The fourth-order valence-electron chi connectivity index (χ4n) is 3.37. The average Bonchev–Trinajstić information content (AvgIpc) is 3.40. The standard InChI is InChI=1S/C23H24N6O2S/c1-28-13-16(11-26-28)10-18(22(24)30)12-25-23(31)17-5-7-20(8-6-17)32-15-19-14-29-9-3-2-4-21(29)27-19/h2-9,11,13-14,18H,10,12,15H2,1H3,(H2,24,30)(H,25,31)/t18-/m1/s1. The number of rotatable bonds is 9. The topological polar surface area (TPSA) is 107 Å². The molecular formula is C23H24N6O2S. The van der Waals surface area contributed by atoms with Crippen molar-refractivity contribution in [1.29, 1.82) is 0 Å². The van der Waals surface area contributed by atoms with Crippen LogP contribution in [0.2, 0.25) is 0 Å². The van der Waals surface area contributed by atoms with E-state index in [9.17, 15) is 9.59 Å². The van der Waals surface area contributed by atoms with Crippen molar-refractivity contribution in [2.24, 2.45) is 18.7 Å². The number of aromatic nitrogens is 4. The molecule has 4 rings (SSSR count). The van der Waals surface area contributed by atoms with Crippen LogP contribution < -0.4 is 11.1 Å². The Kier molecular flexibility index (Phi) is 6.55. The van der Waals surface area contributed by atoms with Crippen molar-refractivity contribution in [2.75, 3.05) is 6.54 Å². The Hall–Kier alpha value is -3.59. The first-order valence-corrected chi connectivity index (χ1v) is 11.2. The first-order chi connectivity index (χ1) is 15.5. The Morgan fingerprint density at radius 3 is 2.66 bits per heavy atom. The fraction of sp³-hybridized carbons (Fsp3) is 0.217. The zero-order valence-corrected chi connectivity index (χ0v) is 18.5. The molecule has 0 aliphatic carbocycles. The van der Waals surface area contributed by atoms with Gasteiger partial charge in [0.15, 0.2) is 0 Å². The largest absolute Gasteiger partial charge is 0.369 e. The number of nitrogens with one attached hydrogen (secondary N) is 1. The molecule has 0 saturated heterocycles. The van der Waals surface area contributed by atoms with Crippen molar-refractivity contribution < 1.29 is 9.59 Å². The zero-order chi connectivity index (χ0) is 22.5. The van der Waals surface area contributed by atoms with Crippen LogP contribution in [0.25, 0.3) is 5.65 Å². The van der Waals surface area contributed by atoms with Gasteiger partial charge in [0.2, 0.25) is 5.91 Å². The molecule has 3 N–H and O–H groups in total. The summed E-state index contributed by atoms with van der Waals surface area (Å²) in [5.74, 6) is -0.447. The summed E-state index contributed by atoms with van der Waals surface area (Å²) in [5, 5.41) is 6.91. The second kappa shape index (κ2) is 9.69. The molecule has 32 heavy (non-hydrogen) atoms. The molecule has 1 aromatic carbocycles. The molecule has 0 saturated carbocycles. The number of pyridine rings is 1. The van der Waals surface area contributed by atoms with E-state index in [0.29, 0.717) is 12.0 Å². The summed E-state index contributed by atoms with van der Waals surface area (Å²) in [4.78, 5) is 29.9. The van der Waals surface area contributed by atoms with E-state index in [1.807, 2.05) is 60.4 Å². The summed E-state index contributed by atoms with van der Waals surface area (Å²) in [6.07, 6.45) is 7.96. The smallest absolute Gasteiger partial charge is 0.251 e. The Labute approximate surface area is 189 Å². The fourth-order valence-corrected chi connectivity index (χ4v) is 4.15. The zero-order valence-electron chi connectivity index (χ0n) is 17.6. The highest BCUT2D eigenvalue weighted by Crippen LogP contribution is 2.23. The number of thioether (sulfide) groups is 1. The van der Waals surface area contributed by atoms with Crippen molar-refractivity contribution in [3.63, 3.8) is 0 Å². The summed E-state index contributed by atoms with van der Waals surface area (Å²) in [5.41, 5.74) is 8.87. The lowest BCUT2D eigenvalue weighted by atomic mass is 10.0. The van der Waals surface area contributed by atoms with Crippen molar-refractivity contribution in [1.82, 2.24) is 24.5 Å². The minimum Gasteiger partial charge on any atom is -0.369 e. The van der Waals surface area contributed by atoms with Gasteiger partial charge in [0.05, 0.1) is 17.8 Å². The summed E-state index contributed by atoms with van der Waals surface area (Å²) in [6.45, 7) is 0.174. The third kappa shape index (κ3) is 5.36. The van der Waals surface area contributed by atoms with Gasteiger partial charge in [-0.05, 0) is 48.4 Å². The number of imidazole rings is 1. The lowest BCUT2D eigenvalue weighted by Gasteiger charge is -2.13. The van der Waals surface area contributed by atoms with Crippen LogP contribution in [0.15, 0.2) is 72.1 Å². The Bertz CT molecular complexity index is 1200. The molecule has 1 atom stereocenters. The summed E-state index contributed by atoms with van der Waals surface area (Å²) in [6, 6.07) is 13.3. The van der Waals surface area contributed by atoms with E-state index in [-0.39, 0.29) is 12.5 Å². The number of aryl methyl sites for hydroxylation is 1. The molecule has 0 unspecified atom stereocenters. The molecule has 0 radical (unpaired) electrons. The highest BCUT2D eigenvalue weighted by atomic mass is 32.2. The lowest BCUT2D eigenvalue weighted by Crippen LogP contribution is -2.37. The van der Waals surface area contributed by atoms with E-state index in [0.717, 1.165) is 27.6 Å². The van der Waals surface area contributed by atoms with Crippen molar-refractivity contribution in [3.05, 3.63) is 84.1 Å². The molecule has 2 amide bonds. The molecule has 3 heterocycles. The molecule has 8 nitrogen and oxygen atoms in total. The predicted octanol–water partition coefficient (Wildman–Crippen LogP) is 2.43. The molecule has 0 fully saturated rings. The maximum Gasteiger partial charge on any atom is 0.251 e. The number of hydrogen-bond acceptors (Lipinski definition) is 5. The van der Waals surface area contributed by atoms with Crippen LogP contribution in [0.1, 0.15) is 21.6 Å². The summed E-state index contributed by atoms with van der Waals surface area (Å²) < 4.78 is 3.66. The van der Waals surface area contributed by atoms with Crippen LogP contribution in [-0.4, -0.2) is 37.5 Å². The molecule has 9 heteroatoms. The molecule has 0 aliphatic rings. The summed E-state index contributed by atoms with van der Waals surface area (Å²) >= 11 is 1.66. The van der Waals surface area contributed by atoms with Gasteiger partial charge in [-0.2, -0.15) is 5.10 Å². The van der Waals surface area contributed by atoms with Crippen LogP contribution in [0.4, 0.5) is 0 Å². The monoisotopic (exact) mass is 448 g/mol. The molecule has 4 aromatic rings. The molecule has 0 bridgehead atoms. The molecule has 0 spiro atoms. The van der Waals surface area contributed by atoms with E-state index in [1.54, 1.807) is 34.8 Å². The van der Waals surface area contributed by atoms with Gasteiger partial charge in [-0.3, -0.25) is 14.3 Å². The van der Waals surface area contributed by atoms with Crippen LogP contribution in [0, 0.1) is 5.92 Å². The number of carbonyl (C=O) groups is 2. The first kappa shape index (κ1) is 21.6. The molecule has 3 aromatic heterocycles. The SMILES string of the molecule is Cn1cc(C[C@H](CNC(=O)c2ccc(SCc3cn4ccccc4n3)cc2)C(N)=O)cn1. The second-order valence-electron chi connectivity index (χ2n) is 7.55. The third-order valence-corrected chi connectivity index (χ3v) is 6.11. The molecule has 0 aliphatic heterocycles. The number of fused-ring (bicyclic) bond motifs is 1. The Balaban J connectivity index is 1.30. The van der Waals surface area contributed by atoms with E-state index >= 15 is 0 Å². The van der Waals surface area contributed by atoms with Gasteiger partial charge in [0.1, 0.15) is 5.65 Å². The van der Waals surface area contributed by atoms with Crippen molar-refractivity contribution in [3.8, 4) is 0 Å². The van der Waals surface area contributed by atoms with Gasteiger partial charge in [-0.15, -0.1) is 11.8 Å². The van der Waals surface area contributed by atoms with E-state index in [4.69, 9.17) is 5.73 Å². The van der Waals surface area contributed by atoms with Gasteiger partial charge < -0.3 is 15.5 Å². The highest BCUT2D eigenvalue weighted by molar-refractivity contribution is 7.98. The van der Waals surface area contributed by atoms with Crippen LogP contribution >= 0.6 is 11.8 Å². The van der Waals surface area contributed by atoms with Gasteiger partial charge >= 0.3 is 0 Å². The van der Waals surface area contributed by atoms with Gasteiger partial charge in [0.25, 0.3) is 5.91 Å². The van der Waals surface area contributed by atoms with Crippen molar-refractivity contribution in [2.45, 2.75) is 17.1 Å². The summed E-state index contributed by atoms with van der Waals surface area (Å²) in [7, 11) is 1.81. The van der Waals surface area contributed by atoms with Gasteiger partial charge in [-0.25, -0.2) is 4.98 Å². The van der Waals surface area contributed by atoms with E-state index in [1.165, 1.54) is 0 Å².